The molecule has 1 aromatic rings. The van der Waals surface area contributed by atoms with Gasteiger partial charge in [-0.25, -0.2) is 4.79 Å². The zero-order valence-corrected chi connectivity index (χ0v) is 15.4. The van der Waals surface area contributed by atoms with Crippen LogP contribution in [0.3, 0.4) is 0 Å². The van der Waals surface area contributed by atoms with Crippen molar-refractivity contribution in [3.8, 4) is 0 Å². The lowest BCUT2D eigenvalue weighted by molar-refractivity contribution is 0.116. The van der Waals surface area contributed by atoms with E-state index in [0.717, 1.165) is 38.9 Å². The number of aliphatic hydroxyl groups excluding tert-OH is 1. The number of hydrogen-bond donors (Lipinski definition) is 3. The number of urea groups is 1. The van der Waals surface area contributed by atoms with Gasteiger partial charge < -0.3 is 20.6 Å². The first-order valence-corrected chi connectivity index (χ1v) is 9.38. The van der Waals surface area contributed by atoms with Crippen LogP contribution in [0.5, 0.6) is 0 Å². The molecule has 1 aliphatic heterocycles. The van der Waals surface area contributed by atoms with E-state index >= 15 is 0 Å². The molecule has 0 aromatic carbocycles. The molecule has 25 heavy (non-hydrogen) atoms. The van der Waals surface area contributed by atoms with Crippen LogP contribution in [0.4, 0.5) is 4.79 Å². The van der Waals surface area contributed by atoms with E-state index in [2.05, 4.69) is 32.7 Å². The van der Waals surface area contributed by atoms with Gasteiger partial charge in [0.05, 0.1) is 6.10 Å². The van der Waals surface area contributed by atoms with Crippen molar-refractivity contribution in [3.63, 3.8) is 0 Å². The lowest BCUT2D eigenvalue weighted by Gasteiger charge is -2.32. The minimum Gasteiger partial charge on any atom is -0.393 e. The highest BCUT2D eigenvalue weighted by atomic mass is 16.3. The van der Waals surface area contributed by atoms with E-state index in [4.69, 9.17) is 0 Å². The molecule has 0 aliphatic carbocycles. The van der Waals surface area contributed by atoms with Gasteiger partial charge in [0, 0.05) is 44.6 Å². The first kappa shape index (κ1) is 19.7. The van der Waals surface area contributed by atoms with Gasteiger partial charge in [-0.1, -0.05) is 13.8 Å². The van der Waals surface area contributed by atoms with Crippen molar-refractivity contribution in [2.24, 2.45) is 5.92 Å². The van der Waals surface area contributed by atoms with Crippen LogP contribution in [0.15, 0.2) is 24.5 Å². The molecule has 1 atom stereocenters. The van der Waals surface area contributed by atoms with E-state index in [1.165, 1.54) is 5.56 Å². The average Bonchev–Trinajstić information content (AvgIpc) is 2.62. The van der Waals surface area contributed by atoms with Gasteiger partial charge in [-0.15, -0.1) is 0 Å². The number of pyridine rings is 1. The van der Waals surface area contributed by atoms with E-state index in [1.54, 1.807) is 0 Å². The molecule has 2 rings (SSSR count). The normalized spacial score (nSPS) is 17.4. The van der Waals surface area contributed by atoms with Crippen LogP contribution in [0.2, 0.25) is 0 Å². The maximum absolute atomic E-state index is 11.9. The predicted molar refractivity (Wildman–Crippen MR) is 99.4 cm³/mol. The fraction of sp³-hybridized carbons (Fsp3) is 0.684. The molecule has 1 aliphatic rings. The largest absolute Gasteiger partial charge is 0.393 e. The molecule has 3 N–H and O–H groups in total. The van der Waals surface area contributed by atoms with Gasteiger partial charge in [0.2, 0.25) is 0 Å². The molecular formula is C19H32N4O2. The molecule has 1 fully saturated rings. The summed E-state index contributed by atoms with van der Waals surface area (Å²) in [6.45, 7) is 7.55. The van der Waals surface area contributed by atoms with Gasteiger partial charge in [0.15, 0.2) is 0 Å². The number of rotatable bonds is 8. The highest BCUT2D eigenvalue weighted by molar-refractivity contribution is 5.74. The lowest BCUT2D eigenvalue weighted by Crippen LogP contribution is -2.48. The molecular weight excluding hydrogens is 316 g/mol. The van der Waals surface area contributed by atoms with Crippen LogP contribution in [0.1, 0.15) is 38.7 Å². The summed E-state index contributed by atoms with van der Waals surface area (Å²) in [5.41, 5.74) is 1.32. The fourth-order valence-corrected chi connectivity index (χ4v) is 3.04. The van der Waals surface area contributed by atoms with Crippen molar-refractivity contribution in [1.29, 1.82) is 0 Å². The Morgan fingerprint density at radius 3 is 2.64 bits per heavy atom. The number of nitrogens with one attached hydrogen (secondary N) is 2. The Labute approximate surface area is 151 Å². The third-order valence-corrected chi connectivity index (χ3v) is 4.88. The Balaban J connectivity index is 1.57. The lowest BCUT2D eigenvalue weighted by atomic mass is 10.0. The van der Waals surface area contributed by atoms with E-state index in [0.29, 0.717) is 13.0 Å². The molecule has 1 aromatic heterocycles. The number of nitrogens with zero attached hydrogens (tertiary/aromatic N) is 2. The molecule has 1 unspecified atom stereocenters. The molecule has 1 saturated heterocycles. The number of aliphatic hydroxyl groups is 1. The van der Waals surface area contributed by atoms with Gasteiger partial charge in [-0.05, 0) is 49.3 Å². The van der Waals surface area contributed by atoms with Gasteiger partial charge in [0.1, 0.15) is 0 Å². The van der Waals surface area contributed by atoms with E-state index in [-0.39, 0.29) is 24.1 Å². The van der Waals surface area contributed by atoms with Crippen LogP contribution >= 0.6 is 0 Å². The summed E-state index contributed by atoms with van der Waals surface area (Å²) in [6.07, 6.45) is 6.92. The van der Waals surface area contributed by atoms with Crippen LogP contribution in [-0.2, 0) is 6.42 Å². The Morgan fingerprint density at radius 1 is 1.32 bits per heavy atom. The van der Waals surface area contributed by atoms with Gasteiger partial charge in [-0.3, -0.25) is 4.98 Å². The van der Waals surface area contributed by atoms with Crippen molar-refractivity contribution in [1.82, 2.24) is 20.5 Å². The van der Waals surface area contributed by atoms with E-state index < -0.39 is 0 Å². The number of hydrogen-bond acceptors (Lipinski definition) is 4. The average molecular weight is 348 g/mol. The Hall–Kier alpha value is -1.66. The van der Waals surface area contributed by atoms with Crippen molar-refractivity contribution >= 4 is 6.03 Å². The molecule has 0 radical (unpaired) electrons. The summed E-state index contributed by atoms with van der Waals surface area (Å²) in [4.78, 5) is 18.4. The molecule has 0 bridgehead atoms. The zero-order chi connectivity index (χ0) is 18.1. The second-order valence-electron chi connectivity index (χ2n) is 7.22. The summed E-state index contributed by atoms with van der Waals surface area (Å²) in [7, 11) is 0. The van der Waals surface area contributed by atoms with Gasteiger partial charge in [-0.2, -0.15) is 0 Å². The summed E-state index contributed by atoms with van der Waals surface area (Å²) < 4.78 is 0. The summed E-state index contributed by atoms with van der Waals surface area (Å²) in [5, 5.41) is 15.6. The smallest absolute Gasteiger partial charge is 0.315 e. The maximum atomic E-state index is 11.9. The number of carbonyl (C=O) groups is 1. The molecule has 0 spiro atoms. The first-order chi connectivity index (χ1) is 12.0. The second-order valence-corrected chi connectivity index (χ2v) is 7.22. The van der Waals surface area contributed by atoms with Crippen LogP contribution in [-0.4, -0.2) is 59.3 Å². The Bertz CT molecular complexity index is 501. The topological polar surface area (TPSA) is 77.5 Å². The SMILES string of the molecule is CC(C)C(O)CCNC(=O)NC1CCN(CCc2ccncc2)CC1. The minimum absolute atomic E-state index is 0.119. The predicted octanol–water partition coefficient (Wildman–Crippen LogP) is 1.79. The first-order valence-electron chi connectivity index (χ1n) is 9.38. The maximum Gasteiger partial charge on any atom is 0.315 e. The minimum atomic E-state index is -0.357. The molecule has 6 nitrogen and oxygen atoms in total. The second kappa shape index (κ2) is 10.4. The molecule has 0 saturated carbocycles. The van der Waals surface area contributed by atoms with E-state index in [1.807, 2.05) is 26.2 Å². The third kappa shape index (κ3) is 7.40. The number of amides is 2. The molecule has 6 heteroatoms. The monoisotopic (exact) mass is 348 g/mol. The van der Waals surface area contributed by atoms with E-state index in [9.17, 15) is 9.90 Å². The Kier molecular flexibility index (Phi) is 8.15. The summed E-state index contributed by atoms with van der Waals surface area (Å²) in [5.74, 6) is 0.223. The van der Waals surface area contributed by atoms with Crippen molar-refractivity contribution < 1.29 is 9.90 Å². The number of piperidine rings is 1. The fourth-order valence-electron chi connectivity index (χ4n) is 3.04. The molecule has 2 amide bonds. The third-order valence-electron chi connectivity index (χ3n) is 4.88. The number of carbonyl (C=O) groups excluding carboxylic acids is 1. The van der Waals surface area contributed by atoms with Crippen LogP contribution in [0.25, 0.3) is 0 Å². The van der Waals surface area contributed by atoms with Crippen LogP contribution < -0.4 is 10.6 Å². The van der Waals surface area contributed by atoms with Crippen molar-refractivity contribution in [2.45, 2.75) is 51.7 Å². The van der Waals surface area contributed by atoms with Crippen LogP contribution in [0, 0.1) is 5.92 Å². The molecule has 140 valence electrons. The quantitative estimate of drug-likeness (QED) is 0.669. The standard InChI is InChI=1S/C19H32N4O2/c1-15(2)18(24)5-11-21-19(25)22-17-7-13-23(14-8-17)12-6-16-3-9-20-10-4-16/h3-4,9-10,15,17-18,24H,5-8,11-14H2,1-2H3,(H2,21,22,25). The van der Waals surface area contributed by atoms with Gasteiger partial charge in [0.25, 0.3) is 0 Å². The van der Waals surface area contributed by atoms with Gasteiger partial charge >= 0.3 is 6.03 Å². The highest BCUT2D eigenvalue weighted by Gasteiger charge is 2.20. The number of aromatic nitrogens is 1. The van der Waals surface area contributed by atoms with Crippen molar-refractivity contribution in [2.75, 3.05) is 26.2 Å². The molecule has 2 heterocycles. The Morgan fingerprint density at radius 2 is 2.00 bits per heavy atom. The number of likely N-dealkylation sites (tertiary alicyclic amines) is 1. The zero-order valence-electron chi connectivity index (χ0n) is 15.4. The summed E-state index contributed by atoms with van der Waals surface area (Å²) >= 11 is 0. The highest BCUT2D eigenvalue weighted by Crippen LogP contribution is 2.11. The summed E-state index contributed by atoms with van der Waals surface area (Å²) in [6, 6.07) is 4.25. The van der Waals surface area contributed by atoms with Crippen molar-refractivity contribution in [3.05, 3.63) is 30.1 Å².